The Bertz CT molecular complexity index is 737. The van der Waals surface area contributed by atoms with Crippen LogP contribution in [0.15, 0.2) is 34.9 Å². The van der Waals surface area contributed by atoms with E-state index in [-0.39, 0.29) is 5.91 Å². The van der Waals surface area contributed by atoms with Crippen LogP contribution in [0.5, 0.6) is 0 Å². The maximum atomic E-state index is 12.2. The van der Waals surface area contributed by atoms with E-state index in [1.165, 1.54) is 17.4 Å². The van der Waals surface area contributed by atoms with E-state index < -0.39 is 0 Å². The van der Waals surface area contributed by atoms with Gasteiger partial charge in [-0.2, -0.15) is 0 Å². The van der Waals surface area contributed by atoms with Crippen LogP contribution in [0.1, 0.15) is 48.3 Å². The molecule has 0 aliphatic rings. The Morgan fingerprint density at radius 1 is 1.14 bits per heavy atom. The fourth-order valence-corrected chi connectivity index (χ4v) is 2.84. The minimum absolute atomic E-state index is 0.196. The predicted molar refractivity (Wildman–Crippen MR) is 112 cm³/mol. The Hall–Kier alpha value is -2.18. The maximum absolute atomic E-state index is 12.2. The van der Waals surface area contributed by atoms with E-state index in [9.17, 15) is 4.79 Å². The summed E-state index contributed by atoms with van der Waals surface area (Å²) < 4.78 is 5.61. The van der Waals surface area contributed by atoms with Gasteiger partial charge in [0.25, 0.3) is 5.91 Å². The molecule has 1 N–H and O–H groups in total. The molecule has 1 heterocycles. The molecule has 1 aromatic heterocycles. The van der Waals surface area contributed by atoms with Crippen LogP contribution in [0.4, 0.5) is 0 Å². The first-order valence-corrected chi connectivity index (χ1v) is 9.93. The van der Waals surface area contributed by atoms with Gasteiger partial charge in [0.2, 0.25) is 5.89 Å². The molecule has 2 aromatic rings. The summed E-state index contributed by atoms with van der Waals surface area (Å²) in [5, 5.41) is 2.87. The first-order valence-electron chi connectivity index (χ1n) is 9.93. The van der Waals surface area contributed by atoms with Crippen molar-refractivity contribution >= 4 is 5.91 Å². The van der Waals surface area contributed by atoms with E-state index in [1.807, 2.05) is 19.0 Å². The molecule has 6 nitrogen and oxygen atoms in total. The summed E-state index contributed by atoms with van der Waals surface area (Å²) in [6.07, 6.45) is 1.45. The predicted octanol–water partition coefficient (Wildman–Crippen LogP) is 3.32. The van der Waals surface area contributed by atoms with E-state index in [0.29, 0.717) is 36.6 Å². The monoisotopic (exact) mass is 386 g/mol. The molecule has 1 unspecified atom stereocenters. The van der Waals surface area contributed by atoms with Crippen molar-refractivity contribution in [1.29, 1.82) is 0 Å². The van der Waals surface area contributed by atoms with Crippen LogP contribution in [-0.2, 0) is 13.1 Å². The summed E-state index contributed by atoms with van der Waals surface area (Å²) in [5.74, 6) is 0.866. The van der Waals surface area contributed by atoms with Crippen molar-refractivity contribution in [2.45, 2.75) is 46.8 Å². The highest BCUT2D eigenvalue weighted by molar-refractivity contribution is 5.91. The number of hydrogen-bond acceptors (Lipinski definition) is 5. The van der Waals surface area contributed by atoms with Gasteiger partial charge in [-0.25, -0.2) is 4.98 Å². The van der Waals surface area contributed by atoms with Gasteiger partial charge in [-0.05, 0) is 39.4 Å². The lowest BCUT2D eigenvalue weighted by Crippen LogP contribution is -2.36. The smallest absolute Gasteiger partial charge is 0.273 e. The lowest BCUT2D eigenvalue weighted by Gasteiger charge is -2.30. The SMILES string of the molecule is Cc1ccc(CN(Cc2nc(C(=O)NCCN(C)C)co2)C(C)C(C)C)cc1. The second-order valence-corrected chi connectivity index (χ2v) is 8.06. The summed E-state index contributed by atoms with van der Waals surface area (Å²) in [4.78, 5) is 21.0. The zero-order valence-electron chi connectivity index (χ0n) is 18.0. The van der Waals surface area contributed by atoms with Crippen molar-refractivity contribution in [3.63, 3.8) is 0 Å². The molecule has 0 fully saturated rings. The molecule has 0 saturated heterocycles. The highest BCUT2D eigenvalue weighted by Crippen LogP contribution is 2.18. The third kappa shape index (κ3) is 6.77. The van der Waals surface area contributed by atoms with Crippen molar-refractivity contribution in [2.75, 3.05) is 27.2 Å². The Morgan fingerprint density at radius 2 is 1.82 bits per heavy atom. The topological polar surface area (TPSA) is 61.6 Å². The molecule has 0 aliphatic heterocycles. The van der Waals surface area contributed by atoms with Crippen molar-refractivity contribution < 1.29 is 9.21 Å². The number of amides is 1. The van der Waals surface area contributed by atoms with E-state index >= 15 is 0 Å². The van der Waals surface area contributed by atoms with Crippen LogP contribution < -0.4 is 5.32 Å². The van der Waals surface area contributed by atoms with E-state index in [4.69, 9.17) is 4.42 Å². The Morgan fingerprint density at radius 3 is 2.43 bits per heavy atom. The molecule has 0 saturated carbocycles. The fraction of sp³-hybridized carbons (Fsp3) is 0.545. The summed E-state index contributed by atoms with van der Waals surface area (Å²) in [7, 11) is 3.94. The number of rotatable bonds is 10. The molecule has 0 bridgehead atoms. The van der Waals surface area contributed by atoms with Gasteiger partial charge in [0, 0.05) is 25.7 Å². The lowest BCUT2D eigenvalue weighted by molar-refractivity contribution is 0.0945. The van der Waals surface area contributed by atoms with E-state index in [2.05, 4.69) is 67.2 Å². The van der Waals surface area contributed by atoms with Crippen LogP contribution in [-0.4, -0.2) is 53.9 Å². The van der Waals surface area contributed by atoms with Crippen molar-refractivity contribution in [3.05, 3.63) is 53.2 Å². The summed E-state index contributed by atoms with van der Waals surface area (Å²) in [5.41, 5.74) is 2.84. The minimum Gasteiger partial charge on any atom is -0.447 e. The van der Waals surface area contributed by atoms with E-state index in [0.717, 1.165) is 13.1 Å². The van der Waals surface area contributed by atoms with Gasteiger partial charge < -0.3 is 14.6 Å². The Balaban J connectivity index is 2.04. The molecule has 1 atom stereocenters. The number of aryl methyl sites for hydroxylation is 1. The van der Waals surface area contributed by atoms with Crippen LogP contribution >= 0.6 is 0 Å². The fourth-order valence-electron chi connectivity index (χ4n) is 2.84. The van der Waals surface area contributed by atoms with Crippen LogP contribution in [0.2, 0.25) is 0 Å². The summed E-state index contributed by atoms with van der Waals surface area (Å²) >= 11 is 0. The highest BCUT2D eigenvalue weighted by atomic mass is 16.3. The number of benzene rings is 1. The van der Waals surface area contributed by atoms with Gasteiger partial charge in [0.1, 0.15) is 6.26 Å². The van der Waals surface area contributed by atoms with Crippen LogP contribution in [0.25, 0.3) is 0 Å². The number of carbonyl (C=O) groups excluding carboxylic acids is 1. The van der Waals surface area contributed by atoms with Gasteiger partial charge in [-0.3, -0.25) is 9.69 Å². The second kappa shape index (κ2) is 10.4. The van der Waals surface area contributed by atoms with Gasteiger partial charge in [0.15, 0.2) is 5.69 Å². The van der Waals surface area contributed by atoms with Gasteiger partial charge in [-0.1, -0.05) is 43.7 Å². The molecular formula is C22H34N4O2. The Kier molecular flexibility index (Phi) is 8.20. The summed E-state index contributed by atoms with van der Waals surface area (Å²) in [6, 6.07) is 8.94. The first-order chi connectivity index (χ1) is 13.3. The van der Waals surface area contributed by atoms with Gasteiger partial charge in [0.05, 0.1) is 6.54 Å². The molecule has 1 aromatic carbocycles. The number of aromatic nitrogens is 1. The molecule has 0 aliphatic carbocycles. The van der Waals surface area contributed by atoms with Crippen molar-refractivity contribution in [1.82, 2.24) is 20.1 Å². The normalized spacial score (nSPS) is 12.8. The second-order valence-electron chi connectivity index (χ2n) is 8.06. The third-order valence-corrected chi connectivity index (χ3v) is 5.01. The molecule has 1 amide bonds. The number of likely N-dealkylation sites (N-methyl/N-ethyl adjacent to an activating group) is 1. The minimum atomic E-state index is -0.196. The van der Waals surface area contributed by atoms with E-state index in [1.54, 1.807) is 0 Å². The number of nitrogens with one attached hydrogen (secondary N) is 1. The number of hydrogen-bond donors (Lipinski definition) is 1. The van der Waals surface area contributed by atoms with Gasteiger partial charge >= 0.3 is 0 Å². The zero-order valence-corrected chi connectivity index (χ0v) is 18.0. The third-order valence-electron chi connectivity index (χ3n) is 5.01. The van der Waals surface area contributed by atoms with Crippen molar-refractivity contribution in [3.8, 4) is 0 Å². The molecular weight excluding hydrogens is 352 g/mol. The quantitative estimate of drug-likeness (QED) is 0.679. The Labute approximate surface area is 168 Å². The standard InChI is InChI=1S/C22H34N4O2/c1-16(2)18(4)26(13-19-9-7-17(3)8-10-19)14-21-24-20(15-28-21)22(27)23-11-12-25(5)6/h7-10,15-16,18H,11-14H2,1-6H3,(H,23,27). The van der Waals surface area contributed by atoms with Gasteiger partial charge in [-0.15, -0.1) is 0 Å². The maximum Gasteiger partial charge on any atom is 0.273 e. The number of nitrogens with zero attached hydrogens (tertiary/aromatic N) is 3. The molecule has 6 heteroatoms. The summed E-state index contributed by atoms with van der Waals surface area (Å²) in [6.45, 7) is 11.5. The largest absolute Gasteiger partial charge is 0.447 e. The van der Waals surface area contributed by atoms with Crippen LogP contribution in [0.3, 0.4) is 0 Å². The molecule has 154 valence electrons. The highest BCUT2D eigenvalue weighted by Gasteiger charge is 2.21. The average Bonchev–Trinajstić information content (AvgIpc) is 3.10. The molecule has 0 spiro atoms. The number of oxazole rings is 1. The van der Waals surface area contributed by atoms with Crippen LogP contribution in [0, 0.1) is 12.8 Å². The molecule has 2 rings (SSSR count). The lowest BCUT2D eigenvalue weighted by atomic mass is 10.0. The molecule has 28 heavy (non-hydrogen) atoms. The molecule has 0 radical (unpaired) electrons. The van der Waals surface area contributed by atoms with Crippen molar-refractivity contribution in [2.24, 2.45) is 5.92 Å². The number of carbonyl (C=O) groups is 1. The average molecular weight is 387 g/mol. The zero-order chi connectivity index (χ0) is 20.7. The first kappa shape index (κ1) is 22.1.